The molecule has 0 radical (unpaired) electrons. The number of aromatic nitrogens is 4. The Bertz CT molecular complexity index is 1480. The van der Waals surface area contributed by atoms with Gasteiger partial charge >= 0.3 is 6.03 Å². The van der Waals surface area contributed by atoms with Gasteiger partial charge in [0.2, 0.25) is 0 Å². The molecule has 0 unspecified atom stereocenters. The zero-order valence-electron chi connectivity index (χ0n) is 17.1. The van der Waals surface area contributed by atoms with E-state index < -0.39 is 17.7 Å². The molecule has 8 nitrogen and oxygen atoms in total. The van der Waals surface area contributed by atoms with Crippen LogP contribution in [0.2, 0.25) is 0 Å². The molecule has 0 atom stereocenters. The Morgan fingerprint density at radius 2 is 1.85 bits per heavy atom. The number of amides is 2. The molecule has 3 aromatic heterocycles. The number of nitrogens with two attached hydrogens (primary N) is 1. The molecule has 0 aliphatic rings. The van der Waals surface area contributed by atoms with E-state index in [0.717, 1.165) is 23.3 Å². The summed E-state index contributed by atoms with van der Waals surface area (Å²) >= 11 is 0. The topological polar surface area (TPSA) is 110 Å². The van der Waals surface area contributed by atoms with E-state index in [1.54, 1.807) is 47.3 Å². The summed E-state index contributed by atoms with van der Waals surface area (Å²) in [4.78, 5) is 24.2. The largest absolute Gasteiger partial charge is 0.363 e. The number of carbonyl (C=O) groups is 1. The first-order chi connectivity index (χ1) is 16.0. The molecule has 0 aliphatic heterocycles. The van der Waals surface area contributed by atoms with Gasteiger partial charge in [-0.2, -0.15) is 0 Å². The van der Waals surface area contributed by atoms with Crippen LogP contribution >= 0.6 is 0 Å². The van der Waals surface area contributed by atoms with Crippen molar-refractivity contribution >= 4 is 34.2 Å². The quantitative estimate of drug-likeness (QED) is 0.373. The highest BCUT2D eigenvalue weighted by atomic mass is 19.2. The molecule has 164 valence electrons. The molecule has 4 N–H and O–H groups in total. The first-order valence-electron chi connectivity index (χ1n) is 9.95. The molecule has 33 heavy (non-hydrogen) atoms. The normalized spacial score (nSPS) is 11.1. The van der Waals surface area contributed by atoms with E-state index in [9.17, 15) is 13.6 Å². The van der Waals surface area contributed by atoms with E-state index in [1.807, 2.05) is 12.1 Å². The van der Waals surface area contributed by atoms with Gasteiger partial charge in [-0.3, -0.25) is 9.38 Å². The molecule has 2 amide bonds. The number of pyridine rings is 1. The van der Waals surface area contributed by atoms with E-state index >= 15 is 0 Å². The van der Waals surface area contributed by atoms with Crippen LogP contribution in [0.15, 0.2) is 67.1 Å². The Hall–Kier alpha value is -4.60. The summed E-state index contributed by atoms with van der Waals surface area (Å²) in [6.45, 7) is 0.418. The first-order valence-corrected chi connectivity index (χ1v) is 9.95. The van der Waals surface area contributed by atoms with Crippen molar-refractivity contribution < 1.29 is 13.6 Å². The summed E-state index contributed by atoms with van der Waals surface area (Å²) in [5.74, 6) is -1.56. The summed E-state index contributed by atoms with van der Waals surface area (Å²) in [5.41, 5.74) is 9.07. The number of urea groups is 1. The third-order valence-electron chi connectivity index (χ3n) is 5.10. The molecule has 10 heteroatoms. The van der Waals surface area contributed by atoms with Crippen molar-refractivity contribution in [3.05, 3.63) is 84.3 Å². The number of carbonyl (C=O) groups excluding carboxylic acids is 1. The molecule has 2 aromatic carbocycles. The van der Waals surface area contributed by atoms with Crippen molar-refractivity contribution in [2.24, 2.45) is 5.73 Å². The van der Waals surface area contributed by atoms with Crippen molar-refractivity contribution in [2.45, 2.75) is 6.54 Å². The zero-order valence-corrected chi connectivity index (χ0v) is 17.1. The van der Waals surface area contributed by atoms with Crippen molar-refractivity contribution in [3.63, 3.8) is 0 Å². The number of benzene rings is 2. The molecule has 3 heterocycles. The number of halogens is 2. The highest BCUT2D eigenvalue weighted by Gasteiger charge is 2.17. The standard InChI is InChI=1S/C23H17F2N7O/c24-16-8-18-19(9-17(16)25)32-20(14-3-5-15(6-4-14)30-23(26)33)12-29-22(32)21(31-18)28-11-13-2-1-7-27-10-13/h1-10,12H,11H2,(H,28,31)(H3,26,30,33). The Kier molecular flexibility index (Phi) is 5.02. The van der Waals surface area contributed by atoms with Crippen LogP contribution in [-0.4, -0.2) is 25.4 Å². The fourth-order valence-corrected chi connectivity index (χ4v) is 3.60. The predicted octanol–water partition coefficient (Wildman–Crippen LogP) is 4.33. The van der Waals surface area contributed by atoms with Gasteiger partial charge in [0.15, 0.2) is 23.1 Å². The molecule has 0 saturated heterocycles. The minimum absolute atomic E-state index is 0.265. The highest BCUT2D eigenvalue weighted by molar-refractivity contribution is 5.89. The molecule has 0 saturated carbocycles. The van der Waals surface area contributed by atoms with E-state index in [0.29, 0.717) is 34.9 Å². The number of hydrogen-bond donors (Lipinski definition) is 3. The Morgan fingerprint density at radius 1 is 1.06 bits per heavy atom. The van der Waals surface area contributed by atoms with E-state index in [1.165, 1.54) is 0 Å². The van der Waals surface area contributed by atoms with Crippen LogP contribution in [0.25, 0.3) is 27.9 Å². The van der Waals surface area contributed by atoms with Crippen LogP contribution in [0.3, 0.4) is 0 Å². The van der Waals surface area contributed by atoms with Crippen LogP contribution in [0.4, 0.5) is 25.1 Å². The number of nitrogens with zero attached hydrogens (tertiary/aromatic N) is 4. The van der Waals surface area contributed by atoms with Crippen molar-refractivity contribution in [1.82, 2.24) is 19.4 Å². The lowest BCUT2D eigenvalue weighted by atomic mass is 10.1. The number of anilines is 2. The van der Waals surface area contributed by atoms with Gasteiger partial charge in [-0.25, -0.2) is 23.5 Å². The summed E-state index contributed by atoms with van der Waals surface area (Å²) in [7, 11) is 0. The third kappa shape index (κ3) is 3.89. The Morgan fingerprint density at radius 3 is 2.58 bits per heavy atom. The van der Waals surface area contributed by atoms with Crippen LogP contribution in [-0.2, 0) is 6.54 Å². The minimum Gasteiger partial charge on any atom is -0.363 e. The van der Waals surface area contributed by atoms with Gasteiger partial charge < -0.3 is 16.4 Å². The molecule has 0 spiro atoms. The number of rotatable bonds is 5. The fraction of sp³-hybridized carbons (Fsp3) is 0.0435. The Labute approximate surface area is 186 Å². The zero-order chi connectivity index (χ0) is 22.9. The predicted molar refractivity (Wildman–Crippen MR) is 121 cm³/mol. The number of primary amides is 1. The third-order valence-corrected chi connectivity index (χ3v) is 5.10. The van der Waals surface area contributed by atoms with Gasteiger partial charge in [-0.1, -0.05) is 18.2 Å². The smallest absolute Gasteiger partial charge is 0.316 e. The lowest BCUT2D eigenvalue weighted by Crippen LogP contribution is -2.19. The van der Waals surface area contributed by atoms with Gasteiger partial charge in [-0.15, -0.1) is 0 Å². The second-order valence-corrected chi connectivity index (χ2v) is 7.30. The van der Waals surface area contributed by atoms with Gasteiger partial charge in [0.05, 0.1) is 22.9 Å². The van der Waals surface area contributed by atoms with Crippen molar-refractivity contribution in [2.75, 3.05) is 10.6 Å². The second kappa shape index (κ2) is 8.15. The van der Waals surface area contributed by atoms with Gasteiger partial charge in [0, 0.05) is 42.3 Å². The van der Waals surface area contributed by atoms with Crippen LogP contribution in [0, 0.1) is 11.6 Å². The first kappa shape index (κ1) is 20.3. The molecule has 0 bridgehead atoms. The Balaban J connectivity index is 1.65. The van der Waals surface area contributed by atoms with Gasteiger partial charge in [0.25, 0.3) is 0 Å². The summed E-state index contributed by atoms with van der Waals surface area (Å²) in [6, 6.07) is 12.1. The van der Waals surface area contributed by atoms with Gasteiger partial charge in [-0.05, 0) is 23.8 Å². The molecule has 0 aliphatic carbocycles. The highest BCUT2D eigenvalue weighted by Crippen LogP contribution is 2.30. The lowest BCUT2D eigenvalue weighted by molar-refractivity contribution is 0.259. The molecular weight excluding hydrogens is 428 g/mol. The SMILES string of the molecule is NC(=O)Nc1ccc(-c2cnc3c(NCc4cccnc4)nc4cc(F)c(F)cc4n23)cc1. The van der Waals surface area contributed by atoms with Crippen LogP contribution in [0.1, 0.15) is 5.56 Å². The number of fused-ring (bicyclic) bond motifs is 3. The minimum atomic E-state index is -0.990. The van der Waals surface area contributed by atoms with Crippen molar-refractivity contribution in [1.29, 1.82) is 0 Å². The summed E-state index contributed by atoms with van der Waals surface area (Å²) in [5, 5.41) is 5.71. The lowest BCUT2D eigenvalue weighted by Gasteiger charge is -2.12. The maximum Gasteiger partial charge on any atom is 0.316 e. The average molecular weight is 445 g/mol. The molecule has 0 fully saturated rings. The van der Waals surface area contributed by atoms with Crippen LogP contribution in [0.5, 0.6) is 0 Å². The summed E-state index contributed by atoms with van der Waals surface area (Å²) in [6.07, 6.45) is 5.03. The number of imidazole rings is 1. The van der Waals surface area contributed by atoms with E-state index in [2.05, 4.69) is 25.6 Å². The maximum atomic E-state index is 14.2. The molecular formula is C23H17F2N7O. The maximum absolute atomic E-state index is 14.2. The van der Waals surface area contributed by atoms with E-state index in [4.69, 9.17) is 5.73 Å². The summed E-state index contributed by atoms with van der Waals surface area (Å²) < 4.78 is 29.9. The average Bonchev–Trinajstić information content (AvgIpc) is 3.25. The monoisotopic (exact) mass is 445 g/mol. The molecule has 5 aromatic rings. The molecule has 5 rings (SSSR count). The van der Waals surface area contributed by atoms with Crippen LogP contribution < -0.4 is 16.4 Å². The number of nitrogens with one attached hydrogen (secondary N) is 2. The number of hydrogen-bond acceptors (Lipinski definition) is 5. The van der Waals surface area contributed by atoms with Crippen molar-refractivity contribution in [3.8, 4) is 11.3 Å². The van der Waals surface area contributed by atoms with E-state index in [-0.39, 0.29) is 5.52 Å². The van der Waals surface area contributed by atoms with Gasteiger partial charge in [0.1, 0.15) is 0 Å². The second-order valence-electron chi connectivity index (χ2n) is 7.30. The fourth-order valence-electron chi connectivity index (χ4n) is 3.60.